The number of nitrogens with zero attached hydrogens (tertiary/aromatic N) is 1. The first-order valence-corrected chi connectivity index (χ1v) is 8.90. The number of carbonyl (C=O) groups is 1. The van der Waals surface area contributed by atoms with E-state index in [1.807, 2.05) is 13.8 Å². The third-order valence-corrected chi connectivity index (χ3v) is 3.45. The number of carboxylic acid groups (broad SMARTS) is 1. The van der Waals surface area contributed by atoms with Crippen molar-refractivity contribution in [2.45, 2.75) is 27.2 Å². The Labute approximate surface area is 168 Å². The lowest BCUT2D eigenvalue weighted by molar-refractivity contribution is 0.0697. The Morgan fingerprint density at radius 3 is 2.00 bits per heavy atom. The normalized spacial score (nSPS) is 9.24. The highest BCUT2D eigenvalue weighted by atomic mass is 19.1. The van der Waals surface area contributed by atoms with E-state index in [2.05, 4.69) is 6.58 Å². The first-order chi connectivity index (χ1) is 13.8. The highest BCUT2D eigenvalue weighted by Gasteiger charge is 2.09. The molecule has 29 heavy (non-hydrogen) atoms. The first kappa shape index (κ1) is 25.9. The van der Waals surface area contributed by atoms with Crippen molar-refractivity contribution in [2.75, 3.05) is 7.11 Å². The Bertz CT molecular complexity index is 916. The number of aromatic carboxylic acids is 1. The van der Waals surface area contributed by atoms with E-state index < -0.39 is 17.6 Å². The largest absolute Gasteiger partial charge is 0.478 e. The fourth-order valence-corrected chi connectivity index (χ4v) is 2.18. The number of halogens is 3. The molecule has 1 aromatic heterocycles. The molecule has 3 rings (SSSR count). The molecule has 2 N–H and O–H groups in total. The van der Waals surface area contributed by atoms with Gasteiger partial charge in [-0.2, -0.15) is 0 Å². The zero-order valence-electron chi connectivity index (χ0n) is 16.9. The molecule has 0 saturated carbocycles. The van der Waals surface area contributed by atoms with Gasteiger partial charge in [-0.05, 0) is 42.8 Å². The summed E-state index contributed by atoms with van der Waals surface area (Å²) in [6.45, 7) is 8.73. The van der Waals surface area contributed by atoms with E-state index in [1.54, 1.807) is 29.8 Å². The van der Waals surface area contributed by atoms with E-state index in [4.69, 9.17) is 10.2 Å². The summed E-state index contributed by atoms with van der Waals surface area (Å²) in [6.07, 6.45) is 2.09. The molecule has 0 fully saturated rings. The van der Waals surface area contributed by atoms with Crippen molar-refractivity contribution in [3.63, 3.8) is 0 Å². The summed E-state index contributed by atoms with van der Waals surface area (Å²) in [7, 11) is 1.00. The maximum atomic E-state index is 13.3. The molecule has 158 valence electrons. The molecule has 0 radical (unpaired) electrons. The van der Waals surface area contributed by atoms with E-state index in [9.17, 15) is 18.0 Å². The van der Waals surface area contributed by atoms with Gasteiger partial charge in [0.05, 0.1) is 22.6 Å². The monoisotopic (exact) mass is 409 g/mol. The second kappa shape index (κ2) is 13.2. The summed E-state index contributed by atoms with van der Waals surface area (Å²) < 4.78 is 39.4. The Hall–Kier alpha value is -3.06. The molecule has 0 aliphatic carbocycles. The number of fused-ring (bicyclic) bond motifs is 1. The van der Waals surface area contributed by atoms with Crippen molar-refractivity contribution in [3.05, 3.63) is 78.3 Å². The third-order valence-electron chi connectivity index (χ3n) is 3.45. The molecule has 0 bridgehead atoms. The van der Waals surface area contributed by atoms with Crippen LogP contribution in [0.1, 0.15) is 37.6 Å². The summed E-state index contributed by atoms with van der Waals surface area (Å²) in [5.41, 5.74) is 1.20. The highest BCUT2D eigenvalue weighted by molar-refractivity contribution is 5.94. The van der Waals surface area contributed by atoms with Crippen molar-refractivity contribution >= 4 is 16.9 Å². The molecule has 0 amide bonds. The predicted octanol–water partition coefficient (Wildman–Crippen LogP) is 6.12. The fraction of sp³-hybridized carbons (Fsp3) is 0.227. The topological polar surface area (TPSA) is 62.5 Å². The summed E-state index contributed by atoms with van der Waals surface area (Å²) in [5, 5.41) is 16.6. The second-order valence-electron chi connectivity index (χ2n) is 5.26. The number of aliphatic hydroxyl groups excluding tert-OH is 1. The van der Waals surface area contributed by atoms with Crippen LogP contribution in [0.25, 0.3) is 16.6 Å². The lowest BCUT2D eigenvalue weighted by Crippen LogP contribution is -1.97. The zero-order valence-corrected chi connectivity index (χ0v) is 16.9. The van der Waals surface area contributed by atoms with Crippen LogP contribution in [0.4, 0.5) is 13.2 Å². The molecule has 1 heterocycles. The van der Waals surface area contributed by atoms with E-state index >= 15 is 0 Å². The summed E-state index contributed by atoms with van der Waals surface area (Å²) in [5.74, 6) is -2.59. The minimum absolute atomic E-state index is 0.167. The van der Waals surface area contributed by atoms with Crippen molar-refractivity contribution in [1.29, 1.82) is 0 Å². The van der Waals surface area contributed by atoms with Crippen molar-refractivity contribution < 1.29 is 28.2 Å². The second-order valence-corrected chi connectivity index (χ2v) is 5.26. The molecule has 0 unspecified atom stereocenters. The maximum absolute atomic E-state index is 13.3. The van der Waals surface area contributed by atoms with E-state index in [0.29, 0.717) is 23.0 Å². The van der Waals surface area contributed by atoms with Gasteiger partial charge in [0.25, 0.3) is 0 Å². The number of hydrogen-bond donors (Lipinski definition) is 2. The molecule has 0 aliphatic heterocycles. The van der Waals surface area contributed by atoms with Gasteiger partial charge in [-0.25, -0.2) is 18.0 Å². The fourth-order valence-electron chi connectivity index (χ4n) is 2.18. The minimum Gasteiger partial charge on any atom is -0.478 e. The van der Waals surface area contributed by atoms with Crippen LogP contribution in [0.5, 0.6) is 0 Å². The summed E-state index contributed by atoms with van der Waals surface area (Å²) >= 11 is 0. The Balaban J connectivity index is 0.000000752. The molecule has 7 heteroatoms. The number of rotatable bonds is 3. The maximum Gasteiger partial charge on any atom is 0.335 e. The Morgan fingerprint density at radius 1 is 1.03 bits per heavy atom. The van der Waals surface area contributed by atoms with Gasteiger partial charge in [0, 0.05) is 24.8 Å². The van der Waals surface area contributed by atoms with E-state index in [-0.39, 0.29) is 11.4 Å². The number of carboxylic acids is 1. The average molecular weight is 409 g/mol. The first-order valence-electron chi connectivity index (χ1n) is 8.90. The third kappa shape index (κ3) is 7.83. The van der Waals surface area contributed by atoms with Gasteiger partial charge < -0.3 is 14.8 Å². The van der Waals surface area contributed by atoms with E-state index in [0.717, 1.165) is 13.2 Å². The van der Waals surface area contributed by atoms with E-state index in [1.165, 1.54) is 24.3 Å². The number of hydrogen-bond acceptors (Lipinski definition) is 2. The van der Waals surface area contributed by atoms with Gasteiger partial charge in [0.15, 0.2) is 0 Å². The van der Waals surface area contributed by atoms with Crippen molar-refractivity contribution in [3.8, 4) is 5.69 Å². The Kier molecular flexibility index (Phi) is 11.8. The lowest BCUT2D eigenvalue weighted by atomic mass is 10.1. The van der Waals surface area contributed by atoms with Crippen LogP contribution < -0.4 is 0 Å². The molecule has 0 saturated heterocycles. The van der Waals surface area contributed by atoms with Crippen LogP contribution in [0, 0.1) is 11.6 Å². The number of allylic oxidation sites excluding steroid dienone is 1. The van der Waals surface area contributed by atoms with Gasteiger partial charge in [-0.3, -0.25) is 0 Å². The quantitative estimate of drug-likeness (QED) is 0.548. The summed E-state index contributed by atoms with van der Waals surface area (Å²) in [6, 6.07) is 9.52. The molecule has 0 atom stereocenters. The number of aliphatic hydroxyl groups is 1. The van der Waals surface area contributed by atoms with Crippen molar-refractivity contribution in [1.82, 2.24) is 4.57 Å². The number of aromatic nitrogens is 1. The van der Waals surface area contributed by atoms with Gasteiger partial charge in [-0.15, -0.1) is 0 Å². The highest BCUT2D eigenvalue weighted by Crippen LogP contribution is 2.23. The predicted molar refractivity (Wildman–Crippen MR) is 110 cm³/mol. The average Bonchev–Trinajstić information content (AvgIpc) is 3.14. The van der Waals surface area contributed by atoms with Crippen LogP contribution >= 0.6 is 0 Å². The molecule has 0 spiro atoms. The molecule has 2 aromatic carbocycles. The van der Waals surface area contributed by atoms with Crippen LogP contribution in [0.2, 0.25) is 0 Å². The summed E-state index contributed by atoms with van der Waals surface area (Å²) in [4.78, 5) is 10.9. The van der Waals surface area contributed by atoms with Crippen molar-refractivity contribution in [2.24, 2.45) is 0 Å². The van der Waals surface area contributed by atoms with Gasteiger partial charge in [-0.1, -0.05) is 27.4 Å². The zero-order chi connectivity index (χ0) is 22.6. The van der Waals surface area contributed by atoms with Crippen LogP contribution in [0.15, 0.2) is 61.1 Å². The van der Waals surface area contributed by atoms with Gasteiger partial charge in [0.2, 0.25) is 0 Å². The van der Waals surface area contributed by atoms with Crippen LogP contribution in [-0.2, 0) is 0 Å². The van der Waals surface area contributed by atoms with Crippen LogP contribution in [-0.4, -0.2) is 27.9 Å². The molecule has 3 aromatic rings. The Morgan fingerprint density at radius 2 is 1.55 bits per heavy atom. The molecule has 4 nitrogen and oxygen atoms in total. The molecular formula is C22H26F3NO3. The van der Waals surface area contributed by atoms with Gasteiger partial charge >= 0.3 is 5.97 Å². The molecule has 0 aliphatic rings. The van der Waals surface area contributed by atoms with Crippen LogP contribution in [0.3, 0.4) is 0 Å². The SMILES string of the molecule is C=C(F)CC.CC.CO.O=C(O)c1ccc2c(ccn2-c2cc(F)cc(F)c2)c1. The number of benzene rings is 2. The van der Waals surface area contributed by atoms with Gasteiger partial charge in [0.1, 0.15) is 11.6 Å². The standard InChI is InChI=1S/C15H9F2NO2.C4H7F.C2H6.CH4O/c16-11-6-12(17)8-13(7-11)18-4-3-9-5-10(15(19)20)1-2-14(9)18;1-3-4(2)5;2*1-2/h1-8H,(H,19,20);2-3H2,1H3;1-2H3;2H,1H3. The minimum atomic E-state index is -1.02. The lowest BCUT2D eigenvalue weighted by Gasteiger charge is -2.06. The molecular weight excluding hydrogens is 383 g/mol. The smallest absolute Gasteiger partial charge is 0.335 e.